The first-order valence-corrected chi connectivity index (χ1v) is 5.29. The predicted molar refractivity (Wildman–Crippen MR) is 61.3 cm³/mol. The number of rotatable bonds is 3. The molecule has 0 fully saturated rings. The zero-order valence-corrected chi connectivity index (χ0v) is 9.30. The Morgan fingerprint density at radius 1 is 1.57 bits per heavy atom. The summed E-state index contributed by atoms with van der Waals surface area (Å²) < 4.78 is 0. The lowest BCUT2D eigenvalue weighted by Gasteiger charge is -2.35. The summed E-state index contributed by atoms with van der Waals surface area (Å²) in [4.78, 5) is 0. The third-order valence-electron chi connectivity index (χ3n) is 3.38. The summed E-state index contributed by atoms with van der Waals surface area (Å²) in [7, 11) is 0. The molecule has 2 unspecified atom stereocenters. The second kappa shape index (κ2) is 3.99. The lowest BCUT2D eigenvalue weighted by Crippen LogP contribution is -2.27. The maximum absolute atomic E-state index is 7.40. The highest BCUT2D eigenvalue weighted by Gasteiger charge is 2.30. The van der Waals surface area contributed by atoms with Gasteiger partial charge in [-0.15, -0.1) is 0 Å². The van der Waals surface area contributed by atoms with Gasteiger partial charge in [0, 0.05) is 5.57 Å². The fourth-order valence-electron chi connectivity index (χ4n) is 2.01. The molecular weight excluding hydrogens is 172 g/mol. The molecule has 2 heteroatoms. The van der Waals surface area contributed by atoms with E-state index in [1.165, 1.54) is 0 Å². The Kier molecular flexibility index (Phi) is 3.14. The van der Waals surface area contributed by atoms with E-state index in [9.17, 15) is 0 Å². The van der Waals surface area contributed by atoms with Crippen LogP contribution >= 0.6 is 0 Å². The van der Waals surface area contributed by atoms with Crippen LogP contribution in [-0.4, -0.2) is 5.84 Å². The molecule has 0 radical (unpaired) electrons. The molecule has 1 aliphatic rings. The molecule has 1 rings (SSSR count). The van der Waals surface area contributed by atoms with Crippen molar-refractivity contribution in [3.63, 3.8) is 0 Å². The molecular formula is C12H20N2. The number of hydrogen-bond donors (Lipinski definition) is 2. The lowest BCUT2D eigenvalue weighted by molar-refractivity contribution is 0.285. The van der Waals surface area contributed by atoms with Crippen molar-refractivity contribution in [3.05, 3.63) is 23.8 Å². The Labute approximate surface area is 86.4 Å². The molecule has 0 aromatic heterocycles. The standard InChI is InChI=1S/C12H20N2/c1-4-10-8-9(11(13)14)6-7-12(10,3)5-2/h6-8,10H,4-5H2,1-3H3,(H3,13,14). The summed E-state index contributed by atoms with van der Waals surface area (Å²) in [6.07, 6.45) is 8.57. The van der Waals surface area contributed by atoms with Crippen molar-refractivity contribution < 1.29 is 0 Å². The van der Waals surface area contributed by atoms with Crippen molar-refractivity contribution in [2.45, 2.75) is 33.6 Å². The highest BCUT2D eigenvalue weighted by atomic mass is 14.7. The van der Waals surface area contributed by atoms with Crippen LogP contribution < -0.4 is 5.73 Å². The lowest BCUT2D eigenvalue weighted by atomic mass is 9.70. The third kappa shape index (κ3) is 1.89. The van der Waals surface area contributed by atoms with Crippen LogP contribution in [-0.2, 0) is 0 Å². The minimum atomic E-state index is 0.179. The minimum absolute atomic E-state index is 0.179. The van der Waals surface area contributed by atoms with E-state index in [1.54, 1.807) is 0 Å². The fraction of sp³-hybridized carbons (Fsp3) is 0.583. The van der Waals surface area contributed by atoms with Crippen molar-refractivity contribution in [1.29, 1.82) is 5.41 Å². The normalized spacial score (nSPS) is 31.4. The maximum atomic E-state index is 7.40. The molecule has 0 bridgehead atoms. The van der Waals surface area contributed by atoms with Gasteiger partial charge in [-0.2, -0.15) is 0 Å². The van der Waals surface area contributed by atoms with Gasteiger partial charge >= 0.3 is 0 Å². The molecule has 1 aliphatic carbocycles. The summed E-state index contributed by atoms with van der Waals surface area (Å²) >= 11 is 0. The average molecular weight is 192 g/mol. The molecule has 78 valence electrons. The Balaban J connectivity index is 2.96. The van der Waals surface area contributed by atoms with E-state index in [0.717, 1.165) is 18.4 Å². The number of nitrogens with one attached hydrogen (secondary N) is 1. The van der Waals surface area contributed by atoms with Crippen molar-refractivity contribution in [3.8, 4) is 0 Å². The summed E-state index contributed by atoms with van der Waals surface area (Å²) in [5.41, 5.74) is 6.60. The first-order valence-electron chi connectivity index (χ1n) is 5.29. The van der Waals surface area contributed by atoms with Crippen LogP contribution in [0.1, 0.15) is 33.6 Å². The van der Waals surface area contributed by atoms with E-state index < -0.39 is 0 Å². The predicted octanol–water partition coefficient (Wildman–Crippen LogP) is 2.86. The highest BCUT2D eigenvalue weighted by molar-refractivity contribution is 5.97. The van der Waals surface area contributed by atoms with Gasteiger partial charge in [0.05, 0.1) is 0 Å². The van der Waals surface area contributed by atoms with Gasteiger partial charge in [-0.25, -0.2) is 0 Å². The number of hydrogen-bond acceptors (Lipinski definition) is 1. The Hall–Kier alpha value is -1.05. The molecule has 0 saturated carbocycles. The van der Waals surface area contributed by atoms with Gasteiger partial charge in [0.2, 0.25) is 0 Å². The molecule has 0 amide bonds. The van der Waals surface area contributed by atoms with Crippen LogP contribution in [0, 0.1) is 16.7 Å². The highest BCUT2D eigenvalue weighted by Crippen LogP contribution is 2.39. The Bertz CT molecular complexity index is 289. The first kappa shape index (κ1) is 11.0. The second-order valence-corrected chi connectivity index (χ2v) is 4.24. The average Bonchev–Trinajstić information content (AvgIpc) is 2.18. The van der Waals surface area contributed by atoms with Crippen LogP contribution in [0.25, 0.3) is 0 Å². The molecule has 0 aromatic rings. The summed E-state index contributed by atoms with van der Waals surface area (Å²) in [6.45, 7) is 6.66. The van der Waals surface area contributed by atoms with Crippen molar-refractivity contribution in [2.75, 3.05) is 0 Å². The maximum Gasteiger partial charge on any atom is 0.122 e. The van der Waals surface area contributed by atoms with Crippen LogP contribution in [0.2, 0.25) is 0 Å². The fourth-order valence-corrected chi connectivity index (χ4v) is 2.01. The monoisotopic (exact) mass is 192 g/mol. The molecule has 3 N–H and O–H groups in total. The quantitative estimate of drug-likeness (QED) is 0.524. The van der Waals surface area contributed by atoms with E-state index in [0.29, 0.717) is 5.92 Å². The van der Waals surface area contributed by atoms with Gasteiger partial charge in [0.1, 0.15) is 5.84 Å². The molecule has 2 nitrogen and oxygen atoms in total. The zero-order chi connectivity index (χ0) is 10.8. The summed E-state index contributed by atoms with van der Waals surface area (Å²) in [5.74, 6) is 0.689. The van der Waals surface area contributed by atoms with Crippen LogP contribution in [0.15, 0.2) is 23.8 Å². The third-order valence-corrected chi connectivity index (χ3v) is 3.38. The number of nitrogens with two attached hydrogens (primary N) is 1. The molecule has 0 saturated heterocycles. The summed E-state index contributed by atoms with van der Waals surface area (Å²) in [6, 6.07) is 0. The van der Waals surface area contributed by atoms with Crippen molar-refractivity contribution in [2.24, 2.45) is 17.1 Å². The van der Waals surface area contributed by atoms with Gasteiger partial charge < -0.3 is 5.73 Å². The van der Waals surface area contributed by atoms with Crippen molar-refractivity contribution in [1.82, 2.24) is 0 Å². The molecule has 0 heterocycles. The Morgan fingerprint density at radius 2 is 2.21 bits per heavy atom. The van der Waals surface area contributed by atoms with Crippen LogP contribution in [0.3, 0.4) is 0 Å². The topological polar surface area (TPSA) is 49.9 Å². The van der Waals surface area contributed by atoms with E-state index >= 15 is 0 Å². The largest absolute Gasteiger partial charge is 0.384 e. The van der Waals surface area contributed by atoms with Gasteiger partial charge in [-0.1, -0.05) is 39.0 Å². The van der Waals surface area contributed by atoms with E-state index in [4.69, 9.17) is 11.1 Å². The number of allylic oxidation sites excluding steroid dienone is 2. The Morgan fingerprint density at radius 3 is 2.64 bits per heavy atom. The molecule has 0 aromatic carbocycles. The van der Waals surface area contributed by atoms with E-state index in [2.05, 4.69) is 32.9 Å². The zero-order valence-electron chi connectivity index (χ0n) is 9.30. The van der Waals surface area contributed by atoms with E-state index in [-0.39, 0.29) is 11.3 Å². The SMILES string of the molecule is CCC1C=C(C(=N)N)C=CC1(C)CC. The van der Waals surface area contributed by atoms with Crippen molar-refractivity contribution >= 4 is 5.84 Å². The minimum Gasteiger partial charge on any atom is -0.384 e. The van der Waals surface area contributed by atoms with Gasteiger partial charge in [-0.05, 0) is 24.2 Å². The smallest absolute Gasteiger partial charge is 0.122 e. The molecule has 0 aliphatic heterocycles. The second-order valence-electron chi connectivity index (χ2n) is 4.24. The summed E-state index contributed by atoms with van der Waals surface area (Å²) in [5, 5.41) is 7.40. The molecule has 2 atom stereocenters. The number of amidine groups is 1. The van der Waals surface area contributed by atoms with Gasteiger partial charge in [0.15, 0.2) is 0 Å². The van der Waals surface area contributed by atoms with Gasteiger partial charge in [0.25, 0.3) is 0 Å². The molecule has 0 spiro atoms. The van der Waals surface area contributed by atoms with Crippen LogP contribution in [0.5, 0.6) is 0 Å². The van der Waals surface area contributed by atoms with Gasteiger partial charge in [-0.3, -0.25) is 5.41 Å². The molecule has 14 heavy (non-hydrogen) atoms. The van der Waals surface area contributed by atoms with Crippen LogP contribution in [0.4, 0.5) is 0 Å². The van der Waals surface area contributed by atoms with E-state index in [1.807, 2.05) is 6.08 Å². The first-order chi connectivity index (χ1) is 6.53.